The standard InChI is InChI=1S/C16H17N3O2/c17-15-6-5-13(20)8-14(15)16(21)19(12-3-4-12)10-11-2-1-7-18-9-11/h1-2,5-9,12,20H,3-4,10,17H2. The highest BCUT2D eigenvalue weighted by molar-refractivity contribution is 5.99. The summed E-state index contributed by atoms with van der Waals surface area (Å²) >= 11 is 0. The third-order valence-electron chi connectivity index (χ3n) is 3.59. The van der Waals surface area contributed by atoms with E-state index in [-0.39, 0.29) is 17.7 Å². The van der Waals surface area contributed by atoms with E-state index in [0.717, 1.165) is 18.4 Å². The fraction of sp³-hybridized carbons (Fsp3) is 0.250. The van der Waals surface area contributed by atoms with E-state index in [1.807, 2.05) is 17.0 Å². The zero-order chi connectivity index (χ0) is 14.8. The van der Waals surface area contributed by atoms with Crippen LogP contribution in [0.15, 0.2) is 42.7 Å². The number of aromatic nitrogens is 1. The monoisotopic (exact) mass is 283 g/mol. The van der Waals surface area contributed by atoms with Gasteiger partial charge in [0.05, 0.1) is 5.56 Å². The number of nitrogens with zero attached hydrogens (tertiary/aromatic N) is 2. The van der Waals surface area contributed by atoms with Gasteiger partial charge in [0.25, 0.3) is 5.91 Å². The molecule has 3 N–H and O–H groups in total. The van der Waals surface area contributed by atoms with Gasteiger partial charge < -0.3 is 15.7 Å². The molecule has 21 heavy (non-hydrogen) atoms. The molecule has 1 heterocycles. The van der Waals surface area contributed by atoms with Crippen LogP contribution in [0, 0.1) is 0 Å². The lowest BCUT2D eigenvalue weighted by atomic mass is 10.1. The number of phenolic OH excluding ortho intramolecular Hbond substituents is 1. The van der Waals surface area contributed by atoms with Crippen LogP contribution in [0.25, 0.3) is 0 Å². The maximum atomic E-state index is 12.7. The van der Waals surface area contributed by atoms with Crippen molar-refractivity contribution < 1.29 is 9.90 Å². The smallest absolute Gasteiger partial charge is 0.256 e. The lowest BCUT2D eigenvalue weighted by molar-refractivity contribution is 0.0730. The van der Waals surface area contributed by atoms with Crippen molar-refractivity contribution in [3.05, 3.63) is 53.9 Å². The quantitative estimate of drug-likeness (QED) is 0.665. The molecule has 1 fully saturated rings. The number of nitrogens with two attached hydrogens (primary N) is 1. The van der Waals surface area contributed by atoms with Gasteiger partial charge in [0.1, 0.15) is 5.75 Å². The highest BCUT2D eigenvalue weighted by Gasteiger charge is 2.33. The second-order valence-corrected chi connectivity index (χ2v) is 5.30. The first kappa shape index (κ1) is 13.4. The van der Waals surface area contributed by atoms with E-state index in [2.05, 4.69) is 4.98 Å². The molecule has 0 aliphatic heterocycles. The van der Waals surface area contributed by atoms with Gasteiger partial charge in [0.15, 0.2) is 0 Å². The summed E-state index contributed by atoms with van der Waals surface area (Å²) in [7, 11) is 0. The van der Waals surface area contributed by atoms with Gasteiger partial charge in [-0.25, -0.2) is 0 Å². The van der Waals surface area contributed by atoms with E-state index in [0.29, 0.717) is 17.8 Å². The molecule has 5 nitrogen and oxygen atoms in total. The molecule has 1 aliphatic carbocycles. The Morgan fingerprint density at radius 2 is 2.19 bits per heavy atom. The van der Waals surface area contributed by atoms with Crippen LogP contribution in [0.3, 0.4) is 0 Å². The Hall–Kier alpha value is -2.56. The molecule has 0 radical (unpaired) electrons. The van der Waals surface area contributed by atoms with Gasteiger partial charge in [-0.1, -0.05) is 6.07 Å². The number of pyridine rings is 1. The van der Waals surface area contributed by atoms with Crippen molar-refractivity contribution in [2.45, 2.75) is 25.4 Å². The van der Waals surface area contributed by atoms with Crippen molar-refractivity contribution in [3.63, 3.8) is 0 Å². The molecular weight excluding hydrogens is 266 g/mol. The molecule has 0 unspecified atom stereocenters. The normalized spacial score (nSPS) is 13.9. The summed E-state index contributed by atoms with van der Waals surface area (Å²) in [5.74, 6) is -0.0978. The molecular formula is C16H17N3O2. The Labute approximate surface area is 123 Å². The third-order valence-corrected chi connectivity index (χ3v) is 3.59. The molecule has 0 bridgehead atoms. The molecule has 2 aromatic rings. The molecule has 5 heteroatoms. The fourth-order valence-electron chi connectivity index (χ4n) is 2.33. The zero-order valence-electron chi connectivity index (χ0n) is 11.6. The number of carbonyl (C=O) groups excluding carboxylic acids is 1. The molecule has 108 valence electrons. The van der Waals surface area contributed by atoms with Gasteiger partial charge in [-0.15, -0.1) is 0 Å². The number of rotatable bonds is 4. The summed E-state index contributed by atoms with van der Waals surface area (Å²) < 4.78 is 0. The Morgan fingerprint density at radius 3 is 2.86 bits per heavy atom. The Balaban J connectivity index is 1.87. The first-order valence-electron chi connectivity index (χ1n) is 6.93. The predicted molar refractivity (Wildman–Crippen MR) is 79.7 cm³/mol. The third kappa shape index (κ3) is 2.97. The van der Waals surface area contributed by atoms with Crippen LogP contribution in [0.5, 0.6) is 5.75 Å². The highest BCUT2D eigenvalue weighted by atomic mass is 16.3. The lowest BCUT2D eigenvalue weighted by Gasteiger charge is -2.23. The van der Waals surface area contributed by atoms with Crippen LogP contribution in [0.4, 0.5) is 5.69 Å². The average molecular weight is 283 g/mol. The minimum Gasteiger partial charge on any atom is -0.508 e. The summed E-state index contributed by atoms with van der Waals surface area (Å²) in [4.78, 5) is 18.6. The number of hydrogen-bond acceptors (Lipinski definition) is 4. The van der Waals surface area contributed by atoms with E-state index in [9.17, 15) is 9.90 Å². The molecule has 0 spiro atoms. The van der Waals surface area contributed by atoms with Gasteiger partial charge in [0.2, 0.25) is 0 Å². The van der Waals surface area contributed by atoms with Crippen molar-refractivity contribution in [1.29, 1.82) is 0 Å². The number of nitrogen functional groups attached to an aromatic ring is 1. The topological polar surface area (TPSA) is 79.5 Å². The summed E-state index contributed by atoms with van der Waals surface area (Å²) in [5, 5.41) is 9.58. The van der Waals surface area contributed by atoms with Crippen molar-refractivity contribution >= 4 is 11.6 Å². The SMILES string of the molecule is Nc1ccc(O)cc1C(=O)N(Cc1cccnc1)C1CC1. The Kier molecular flexibility index (Phi) is 3.48. The van der Waals surface area contributed by atoms with Crippen LogP contribution < -0.4 is 5.73 Å². The molecule has 1 amide bonds. The maximum absolute atomic E-state index is 12.7. The number of benzene rings is 1. The maximum Gasteiger partial charge on any atom is 0.256 e. The first-order chi connectivity index (χ1) is 10.1. The molecule has 1 aliphatic rings. The van der Waals surface area contributed by atoms with Crippen molar-refractivity contribution in [1.82, 2.24) is 9.88 Å². The largest absolute Gasteiger partial charge is 0.508 e. The van der Waals surface area contributed by atoms with Crippen LogP contribution in [-0.2, 0) is 6.54 Å². The summed E-state index contributed by atoms with van der Waals surface area (Å²) in [6.45, 7) is 0.506. The van der Waals surface area contributed by atoms with Crippen LogP contribution >= 0.6 is 0 Å². The van der Waals surface area contributed by atoms with E-state index in [1.54, 1.807) is 18.5 Å². The van der Waals surface area contributed by atoms with E-state index in [1.165, 1.54) is 12.1 Å². The minimum absolute atomic E-state index is 0.0460. The number of carbonyl (C=O) groups is 1. The summed E-state index contributed by atoms with van der Waals surface area (Å²) in [5.41, 5.74) is 7.59. The number of hydrogen-bond donors (Lipinski definition) is 2. The number of aromatic hydroxyl groups is 1. The van der Waals surface area contributed by atoms with Crippen molar-refractivity contribution in [2.75, 3.05) is 5.73 Å². The van der Waals surface area contributed by atoms with E-state index in [4.69, 9.17) is 5.73 Å². The average Bonchev–Trinajstić information content (AvgIpc) is 3.32. The van der Waals surface area contributed by atoms with Gasteiger partial charge in [-0.3, -0.25) is 9.78 Å². The van der Waals surface area contributed by atoms with Gasteiger partial charge in [-0.2, -0.15) is 0 Å². The molecule has 3 rings (SSSR count). The molecule has 0 atom stereocenters. The molecule has 1 aromatic heterocycles. The minimum atomic E-state index is -0.144. The second kappa shape index (κ2) is 5.44. The second-order valence-electron chi connectivity index (χ2n) is 5.30. The number of amides is 1. The predicted octanol–water partition coefficient (Wildman–Crippen LogP) is 2.17. The fourth-order valence-corrected chi connectivity index (χ4v) is 2.33. The number of phenols is 1. The van der Waals surface area contributed by atoms with E-state index < -0.39 is 0 Å². The summed E-state index contributed by atoms with van der Waals surface area (Å²) in [6.07, 6.45) is 5.48. The van der Waals surface area contributed by atoms with Gasteiger partial charge in [0, 0.05) is 30.7 Å². The zero-order valence-corrected chi connectivity index (χ0v) is 11.6. The van der Waals surface area contributed by atoms with Crippen LogP contribution in [0.1, 0.15) is 28.8 Å². The Morgan fingerprint density at radius 1 is 1.38 bits per heavy atom. The molecule has 1 saturated carbocycles. The van der Waals surface area contributed by atoms with Gasteiger partial charge >= 0.3 is 0 Å². The first-order valence-corrected chi connectivity index (χ1v) is 6.93. The van der Waals surface area contributed by atoms with Crippen molar-refractivity contribution in [2.24, 2.45) is 0 Å². The van der Waals surface area contributed by atoms with Crippen molar-refractivity contribution in [3.8, 4) is 5.75 Å². The lowest BCUT2D eigenvalue weighted by Crippen LogP contribution is -2.33. The highest BCUT2D eigenvalue weighted by Crippen LogP contribution is 2.31. The number of anilines is 1. The summed E-state index contributed by atoms with van der Waals surface area (Å²) in [6, 6.07) is 8.51. The van der Waals surface area contributed by atoms with Crippen LogP contribution in [0.2, 0.25) is 0 Å². The molecule has 0 saturated heterocycles. The molecule has 1 aromatic carbocycles. The Bertz CT molecular complexity index is 654. The van der Waals surface area contributed by atoms with Crippen LogP contribution in [-0.4, -0.2) is 26.9 Å². The van der Waals surface area contributed by atoms with Gasteiger partial charge in [-0.05, 0) is 42.7 Å². The van der Waals surface area contributed by atoms with E-state index >= 15 is 0 Å².